The van der Waals surface area contributed by atoms with Crippen LogP contribution in [0.15, 0.2) is 42.3 Å². The van der Waals surface area contributed by atoms with Crippen molar-refractivity contribution in [2.75, 3.05) is 12.4 Å². The standard InChI is InChI=1S/C11H14O2S.C2H4/c1-9(13)8-10-2-4-11(5-3-10)14-7-6-12;1-2/h2-5,12H,6-8H2,1H3;1-2H2. The molecule has 0 aliphatic carbocycles. The molecule has 0 aliphatic rings. The van der Waals surface area contributed by atoms with Crippen LogP contribution in [0.3, 0.4) is 0 Å². The predicted molar refractivity (Wildman–Crippen MR) is 69.9 cm³/mol. The van der Waals surface area contributed by atoms with Crippen molar-refractivity contribution < 1.29 is 9.90 Å². The van der Waals surface area contributed by atoms with E-state index in [0.717, 1.165) is 10.5 Å². The molecule has 0 aliphatic heterocycles. The van der Waals surface area contributed by atoms with Gasteiger partial charge in [-0.05, 0) is 24.6 Å². The van der Waals surface area contributed by atoms with Crippen molar-refractivity contribution in [3.05, 3.63) is 43.0 Å². The molecule has 0 aromatic heterocycles. The molecule has 0 amide bonds. The maximum absolute atomic E-state index is 10.8. The summed E-state index contributed by atoms with van der Waals surface area (Å²) in [4.78, 5) is 12.0. The van der Waals surface area contributed by atoms with E-state index in [2.05, 4.69) is 13.2 Å². The number of hydrogen-bond donors (Lipinski definition) is 1. The summed E-state index contributed by atoms with van der Waals surface area (Å²) < 4.78 is 0. The molecule has 16 heavy (non-hydrogen) atoms. The Balaban J connectivity index is 0.00000106. The summed E-state index contributed by atoms with van der Waals surface area (Å²) in [6.07, 6.45) is 0.505. The lowest BCUT2D eigenvalue weighted by Crippen LogP contribution is -1.95. The van der Waals surface area contributed by atoms with Gasteiger partial charge in [-0.2, -0.15) is 0 Å². The number of carbonyl (C=O) groups is 1. The number of aliphatic hydroxyl groups excluding tert-OH is 1. The summed E-state index contributed by atoms with van der Waals surface area (Å²) in [6, 6.07) is 7.89. The maximum atomic E-state index is 10.8. The van der Waals surface area contributed by atoms with E-state index in [9.17, 15) is 4.79 Å². The Hall–Kier alpha value is -1.06. The van der Waals surface area contributed by atoms with Gasteiger partial charge in [0.25, 0.3) is 0 Å². The van der Waals surface area contributed by atoms with Crippen LogP contribution in [0.25, 0.3) is 0 Å². The number of Topliss-reactive ketones (excluding diaryl/α,β-unsaturated/α-hetero) is 1. The van der Waals surface area contributed by atoms with E-state index in [0.29, 0.717) is 12.2 Å². The highest BCUT2D eigenvalue weighted by atomic mass is 32.2. The van der Waals surface area contributed by atoms with E-state index in [-0.39, 0.29) is 12.4 Å². The van der Waals surface area contributed by atoms with Crippen molar-refractivity contribution in [3.8, 4) is 0 Å². The summed E-state index contributed by atoms with van der Waals surface area (Å²) in [5, 5.41) is 8.64. The number of thioether (sulfide) groups is 1. The van der Waals surface area contributed by atoms with Gasteiger partial charge in [-0.1, -0.05) is 12.1 Å². The van der Waals surface area contributed by atoms with E-state index < -0.39 is 0 Å². The Kier molecular flexibility index (Phi) is 8.58. The van der Waals surface area contributed by atoms with Crippen LogP contribution in [0.5, 0.6) is 0 Å². The minimum atomic E-state index is 0.181. The molecule has 0 bridgehead atoms. The van der Waals surface area contributed by atoms with Gasteiger partial charge in [0.1, 0.15) is 5.78 Å². The first-order valence-electron chi connectivity index (χ1n) is 5.04. The molecule has 1 N–H and O–H groups in total. The Morgan fingerprint density at radius 3 is 2.31 bits per heavy atom. The first kappa shape index (κ1) is 14.9. The van der Waals surface area contributed by atoms with E-state index in [4.69, 9.17) is 5.11 Å². The van der Waals surface area contributed by atoms with Crippen LogP contribution in [0.4, 0.5) is 0 Å². The van der Waals surface area contributed by atoms with Crippen LogP contribution >= 0.6 is 11.8 Å². The fourth-order valence-electron chi connectivity index (χ4n) is 1.15. The number of rotatable bonds is 5. The van der Waals surface area contributed by atoms with Crippen molar-refractivity contribution >= 4 is 17.5 Å². The predicted octanol–water partition coefficient (Wildman–Crippen LogP) is 2.70. The zero-order valence-electron chi connectivity index (χ0n) is 9.61. The highest BCUT2D eigenvalue weighted by molar-refractivity contribution is 7.99. The van der Waals surface area contributed by atoms with Crippen molar-refractivity contribution in [2.24, 2.45) is 0 Å². The maximum Gasteiger partial charge on any atom is 0.134 e. The molecule has 2 nitrogen and oxygen atoms in total. The average molecular weight is 238 g/mol. The van der Waals surface area contributed by atoms with Gasteiger partial charge in [0.2, 0.25) is 0 Å². The molecule has 0 heterocycles. The summed E-state index contributed by atoms with van der Waals surface area (Å²) >= 11 is 1.61. The summed E-state index contributed by atoms with van der Waals surface area (Å²) in [5.74, 6) is 0.896. The SMILES string of the molecule is C=C.CC(=O)Cc1ccc(SCCO)cc1. The molecule has 0 atom stereocenters. The number of benzene rings is 1. The molecule has 3 heteroatoms. The van der Waals surface area contributed by atoms with Gasteiger partial charge < -0.3 is 5.11 Å². The van der Waals surface area contributed by atoms with Gasteiger partial charge in [0, 0.05) is 17.1 Å². The quantitative estimate of drug-likeness (QED) is 0.633. The van der Waals surface area contributed by atoms with Crippen molar-refractivity contribution in [1.29, 1.82) is 0 Å². The van der Waals surface area contributed by atoms with Crippen molar-refractivity contribution in [3.63, 3.8) is 0 Å². The molecule has 1 aromatic rings. The first-order valence-corrected chi connectivity index (χ1v) is 6.03. The van der Waals surface area contributed by atoms with Crippen LogP contribution in [-0.2, 0) is 11.2 Å². The van der Waals surface area contributed by atoms with E-state index in [1.807, 2.05) is 24.3 Å². The fourth-order valence-corrected chi connectivity index (χ4v) is 1.81. The van der Waals surface area contributed by atoms with Crippen LogP contribution < -0.4 is 0 Å². The number of carbonyl (C=O) groups excluding carboxylic acids is 1. The van der Waals surface area contributed by atoms with Gasteiger partial charge in [-0.3, -0.25) is 4.79 Å². The molecule has 0 unspecified atom stereocenters. The second-order valence-electron chi connectivity index (χ2n) is 3.09. The van der Waals surface area contributed by atoms with Crippen LogP contribution in [0.1, 0.15) is 12.5 Å². The Morgan fingerprint density at radius 2 is 1.88 bits per heavy atom. The average Bonchev–Trinajstić information content (AvgIpc) is 2.30. The third-order valence-electron chi connectivity index (χ3n) is 1.74. The Morgan fingerprint density at radius 1 is 1.31 bits per heavy atom. The Labute approximate surface area is 101 Å². The molecule has 1 rings (SSSR count). The number of aliphatic hydroxyl groups is 1. The molecule has 0 fully saturated rings. The zero-order valence-corrected chi connectivity index (χ0v) is 10.4. The number of hydrogen-bond acceptors (Lipinski definition) is 3. The summed E-state index contributed by atoms with van der Waals surface area (Å²) in [7, 11) is 0. The van der Waals surface area contributed by atoms with Crippen molar-refractivity contribution in [2.45, 2.75) is 18.2 Å². The topological polar surface area (TPSA) is 37.3 Å². The summed E-state index contributed by atoms with van der Waals surface area (Å²) in [6.45, 7) is 7.79. The fraction of sp³-hybridized carbons (Fsp3) is 0.308. The minimum absolute atomic E-state index is 0.181. The number of ketones is 1. The molecule has 0 spiro atoms. The molecule has 0 radical (unpaired) electrons. The molecule has 0 saturated carbocycles. The third-order valence-corrected chi connectivity index (χ3v) is 2.73. The molecular formula is C13H18O2S. The largest absolute Gasteiger partial charge is 0.396 e. The van der Waals surface area contributed by atoms with Gasteiger partial charge in [0.05, 0.1) is 6.61 Å². The smallest absolute Gasteiger partial charge is 0.134 e. The second kappa shape index (κ2) is 9.19. The zero-order chi connectivity index (χ0) is 12.4. The monoisotopic (exact) mass is 238 g/mol. The molecular weight excluding hydrogens is 220 g/mol. The van der Waals surface area contributed by atoms with Gasteiger partial charge in [-0.15, -0.1) is 24.9 Å². The Bertz CT molecular complexity index is 306. The van der Waals surface area contributed by atoms with Gasteiger partial charge in [-0.25, -0.2) is 0 Å². The third kappa shape index (κ3) is 6.43. The normalized spacial score (nSPS) is 9.12. The highest BCUT2D eigenvalue weighted by Crippen LogP contribution is 2.17. The van der Waals surface area contributed by atoms with E-state index in [1.165, 1.54) is 0 Å². The molecule has 0 saturated heterocycles. The minimum Gasteiger partial charge on any atom is -0.396 e. The lowest BCUT2D eigenvalue weighted by molar-refractivity contribution is -0.116. The summed E-state index contributed by atoms with van der Waals surface area (Å²) in [5.41, 5.74) is 1.05. The first-order chi connectivity index (χ1) is 7.72. The van der Waals surface area contributed by atoms with E-state index >= 15 is 0 Å². The highest BCUT2D eigenvalue weighted by Gasteiger charge is 1.98. The second-order valence-corrected chi connectivity index (χ2v) is 4.26. The van der Waals surface area contributed by atoms with Crippen LogP contribution in [0.2, 0.25) is 0 Å². The van der Waals surface area contributed by atoms with Crippen LogP contribution in [-0.4, -0.2) is 23.2 Å². The lowest BCUT2D eigenvalue weighted by Gasteiger charge is -2.01. The van der Waals surface area contributed by atoms with Gasteiger partial charge >= 0.3 is 0 Å². The van der Waals surface area contributed by atoms with Gasteiger partial charge in [0.15, 0.2) is 0 Å². The van der Waals surface area contributed by atoms with E-state index in [1.54, 1.807) is 18.7 Å². The lowest BCUT2D eigenvalue weighted by atomic mass is 10.1. The van der Waals surface area contributed by atoms with Crippen LogP contribution in [0, 0.1) is 0 Å². The molecule has 1 aromatic carbocycles. The molecule has 88 valence electrons. The van der Waals surface area contributed by atoms with Crippen molar-refractivity contribution in [1.82, 2.24) is 0 Å².